The van der Waals surface area contributed by atoms with Crippen molar-refractivity contribution >= 4 is 12.4 Å². The number of nitrogens with zero attached hydrogens (tertiary/aromatic N) is 2. The first-order valence-corrected chi connectivity index (χ1v) is 9.08. The van der Waals surface area contributed by atoms with Crippen molar-refractivity contribution in [2.24, 2.45) is 10.8 Å². The molecule has 2 aromatic rings. The molecule has 0 radical (unpaired) electrons. The number of benzene rings is 2. The first kappa shape index (κ1) is 20.4. The summed E-state index contributed by atoms with van der Waals surface area (Å²) in [6.07, 6.45) is 1.64. The molecular weight excluding hydrogens is 338 g/mol. The standard InChI is InChI=1S/C22H29N3O2/c1-14(2)17-8-6-16(7-9-17)12-25(24-5)13-20(23)19-10-18(15(3)4)21(26)11-22(19)27/h6-11,13-15,26-27H,5,12,23H2,1-4H3/b20-13-. The predicted molar refractivity (Wildman–Crippen MR) is 112 cm³/mol. The minimum Gasteiger partial charge on any atom is -0.508 e. The fourth-order valence-corrected chi connectivity index (χ4v) is 2.85. The summed E-state index contributed by atoms with van der Waals surface area (Å²) in [6.45, 7) is 12.4. The Morgan fingerprint density at radius 2 is 1.70 bits per heavy atom. The SMILES string of the molecule is C=NN(/C=C(\N)c1cc(C(C)C)c(O)cc1O)Cc1ccc(C(C)C)cc1. The molecule has 0 aliphatic carbocycles. The molecule has 0 aromatic heterocycles. The van der Waals surface area contributed by atoms with Gasteiger partial charge in [-0.2, -0.15) is 5.10 Å². The maximum Gasteiger partial charge on any atom is 0.128 e. The highest BCUT2D eigenvalue weighted by atomic mass is 16.3. The average Bonchev–Trinajstić information content (AvgIpc) is 2.61. The topological polar surface area (TPSA) is 82.1 Å². The molecule has 0 bridgehead atoms. The maximum absolute atomic E-state index is 10.2. The third kappa shape index (κ3) is 5.03. The molecule has 0 heterocycles. The van der Waals surface area contributed by atoms with E-state index >= 15 is 0 Å². The molecule has 27 heavy (non-hydrogen) atoms. The lowest BCUT2D eigenvalue weighted by Gasteiger charge is -2.17. The number of nitrogens with two attached hydrogens (primary N) is 1. The van der Waals surface area contributed by atoms with Crippen LogP contribution in [0.3, 0.4) is 0 Å². The lowest BCUT2D eigenvalue weighted by Crippen LogP contribution is -2.12. The van der Waals surface area contributed by atoms with E-state index < -0.39 is 0 Å². The Labute approximate surface area is 161 Å². The van der Waals surface area contributed by atoms with Crippen LogP contribution in [0.15, 0.2) is 47.7 Å². The number of aromatic hydroxyl groups is 2. The van der Waals surface area contributed by atoms with Crippen LogP contribution in [0.1, 0.15) is 61.8 Å². The van der Waals surface area contributed by atoms with E-state index in [0.717, 1.165) is 11.1 Å². The minimum atomic E-state index is -0.0732. The number of hydrogen-bond donors (Lipinski definition) is 3. The van der Waals surface area contributed by atoms with E-state index in [-0.39, 0.29) is 17.4 Å². The van der Waals surface area contributed by atoms with E-state index in [1.165, 1.54) is 11.6 Å². The zero-order valence-electron chi connectivity index (χ0n) is 16.5. The van der Waals surface area contributed by atoms with Gasteiger partial charge in [-0.1, -0.05) is 52.0 Å². The Balaban J connectivity index is 2.26. The van der Waals surface area contributed by atoms with Crippen molar-refractivity contribution in [3.63, 3.8) is 0 Å². The van der Waals surface area contributed by atoms with Crippen LogP contribution in [0, 0.1) is 0 Å². The fraction of sp³-hybridized carbons (Fsp3) is 0.318. The van der Waals surface area contributed by atoms with Crippen LogP contribution >= 0.6 is 0 Å². The molecule has 4 N–H and O–H groups in total. The van der Waals surface area contributed by atoms with E-state index in [9.17, 15) is 10.2 Å². The van der Waals surface area contributed by atoms with Gasteiger partial charge < -0.3 is 15.9 Å². The Morgan fingerprint density at radius 3 is 2.22 bits per heavy atom. The molecule has 0 aliphatic heterocycles. The van der Waals surface area contributed by atoms with Gasteiger partial charge in [-0.05, 0) is 34.6 Å². The van der Waals surface area contributed by atoms with Gasteiger partial charge in [-0.3, -0.25) is 5.01 Å². The summed E-state index contributed by atoms with van der Waals surface area (Å²) in [6, 6.07) is 11.4. The number of rotatable bonds is 7. The van der Waals surface area contributed by atoms with Gasteiger partial charge in [0.25, 0.3) is 0 Å². The van der Waals surface area contributed by atoms with Gasteiger partial charge in [0.1, 0.15) is 11.5 Å². The molecule has 0 atom stereocenters. The average molecular weight is 367 g/mol. The molecule has 5 nitrogen and oxygen atoms in total. The van der Waals surface area contributed by atoms with Crippen molar-refractivity contribution in [1.82, 2.24) is 5.01 Å². The summed E-state index contributed by atoms with van der Waals surface area (Å²) < 4.78 is 0. The van der Waals surface area contributed by atoms with Crippen LogP contribution in [0.2, 0.25) is 0 Å². The maximum atomic E-state index is 10.2. The summed E-state index contributed by atoms with van der Waals surface area (Å²) in [4.78, 5) is 0. The molecule has 0 saturated heterocycles. The van der Waals surface area contributed by atoms with Gasteiger partial charge >= 0.3 is 0 Å². The van der Waals surface area contributed by atoms with Crippen molar-refractivity contribution in [2.45, 2.75) is 46.1 Å². The van der Waals surface area contributed by atoms with Gasteiger partial charge in [0.05, 0.1) is 12.2 Å². The summed E-state index contributed by atoms with van der Waals surface area (Å²) in [5, 5.41) is 25.8. The lowest BCUT2D eigenvalue weighted by atomic mass is 9.98. The van der Waals surface area contributed by atoms with E-state index in [0.29, 0.717) is 23.7 Å². The molecule has 0 unspecified atom stereocenters. The molecule has 0 saturated carbocycles. The second-order valence-corrected chi connectivity index (χ2v) is 7.30. The van der Waals surface area contributed by atoms with E-state index in [1.54, 1.807) is 17.3 Å². The van der Waals surface area contributed by atoms with Crippen LogP contribution in [0.25, 0.3) is 5.70 Å². The number of phenolic OH excluding ortho intramolecular Hbond substituents is 2. The van der Waals surface area contributed by atoms with Crippen LogP contribution in [0.4, 0.5) is 0 Å². The van der Waals surface area contributed by atoms with Crippen LogP contribution in [0.5, 0.6) is 11.5 Å². The highest BCUT2D eigenvalue weighted by molar-refractivity contribution is 5.70. The number of hydrogen-bond acceptors (Lipinski definition) is 5. The summed E-state index contributed by atoms with van der Waals surface area (Å²) in [7, 11) is 0. The third-order valence-electron chi connectivity index (χ3n) is 4.54. The van der Waals surface area contributed by atoms with Gasteiger partial charge in [-0.15, -0.1) is 0 Å². The third-order valence-corrected chi connectivity index (χ3v) is 4.54. The second kappa shape index (κ2) is 8.62. The Morgan fingerprint density at radius 1 is 1.07 bits per heavy atom. The van der Waals surface area contributed by atoms with Crippen LogP contribution in [-0.2, 0) is 6.54 Å². The molecule has 2 rings (SSSR count). The monoisotopic (exact) mass is 367 g/mol. The fourth-order valence-electron chi connectivity index (χ4n) is 2.85. The highest BCUT2D eigenvalue weighted by Crippen LogP contribution is 2.34. The van der Waals surface area contributed by atoms with Gasteiger partial charge in [-0.25, -0.2) is 0 Å². The molecule has 0 spiro atoms. The first-order valence-electron chi connectivity index (χ1n) is 9.08. The summed E-state index contributed by atoms with van der Waals surface area (Å²) in [5.41, 5.74) is 10.1. The molecule has 2 aromatic carbocycles. The summed E-state index contributed by atoms with van der Waals surface area (Å²) in [5.74, 6) is 0.569. The van der Waals surface area contributed by atoms with Crippen molar-refractivity contribution in [3.8, 4) is 11.5 Å². The second-order valence-electron chi connectivity index (χ2n) is 7.30. The number of hydrazone groups is 1. The molecular formula is C22H29N3O2. The van der Waals surface area contributed by atoms with E-state index in [4.69, 9.17) is 5.73 Å². The molecule has 0 amide bonds. The first-order chi connectivity index (χ1) is 12.7. The van der Waals surface area contributed by atoms with E-state index in [1.807, 2.05) is 13.8 Å². The smallest absolute Gasteiger partial charge is 0.128 e. The molecule has 0 aliphatic rings. The van der Waals surface area contributed by atoms with Gasteiger partial charge in [0.15, 0.2) is 0 Å². The zero-order valence-corrected chi connectivity index (χ0v) is 16.5. The largest absolute Gasteiger partial charge is 0.508 e. The zero-order chi connectivity index (χ0) is 20.1. The lowest BCUT2D eigenvalue weighted by molar-refractivity contribution is 0.396. The predicted octanol–water partition coefficient (Wildman–Crippen LogP) is 4.72. The minimum absolute atomic E-state index is 0.0583. The Kier molecular flexibility index (Phi) is 6.50. The summed E-state index contributed by atoms with van der Waals surface area (Å²) >= 11 is 0. The highest BCUT2D eigenvalue weighted by Gasteiger charge is 2.14. The molecule has 5 heteroatoms. The van der Waals surface area contributed by atoms with Crippen molar-refractivity contribution < 1.29 is 10.2 Å². The van der Waals surface area contributed by atoms with Crippen LogP contribution < -0.4 is 5.73 Å². The van der Waals surface area contributed by atoms with Gasteiger partial charge in [0, 0.05) is 24.5 Å². The van der Waals surface area contributed by atoms with Crippen molar-refractivity contribution in [2.75, 3.05) is 0 Å². The Hall–Kier alpha value is -2.95. The number of phenols is 2. The molecule has 0 fully saturated rings. The van der Waals surface area contributed by atoms with Crippen molar-refractivity contribution in [3.05, 3.63) is 64.9 Å². The van der Waals surface area contributed by atoms with Crippen LogP contribution in [-0.4, -0.2) is 21.9 Å². The molecule has 144 valence electrons. The normalized spacial score (nSPS) is 11.9. The van der Waals surface area contributed by atoms with E-state index in [2.05, 4.69) is 49.9 Å². The van der Waals surface area contributed by atoms with Gasteiger partial charge in [0.2, 0.25) is 0 Å². The quantitative estimate of drug-likeness (QED) is 0.488. The van der Waals surface area contributed by atoms with Crippen molar-refractivity contribution in [1.29, 1.82) is 0 Å². The Bertz CT molecular complexity index is 824.